The van der Waals surface area contributed by atoms with Gasteiger partial charge in [-0.25, -0.2) is 4.39 Å². The summed E-state index contributed by atoms with van der Waals surface area (Å²) in [6.07, 6.45) is 0. The third-order valence-electron chi connectivity index (χ3n) is 2.35. The highest BCUT2D eigenvalue weighted by atomic mass is 19.1. The lowest BCUT2D eigenvalue weighted by molar-refractivity contribution is -0.142. The normalized spacial score (nSPS) is 14.8. The molecule has 76 valence electrons. The summed E-state index contributed by atoms with van der Waals surface area (Å²) in [6, 6.07) is 5.77. The fourth-order valence-corrected chi connectivity index (χ4v) is 1.22. The van der Waals surface area contributed by atoms with Crippen LogP contribution < -0.4 is 5.73 Å². The molecule has 0 spiro atoms. The fourth-order valence-electron chi connectivity index (χ4n) is 1.22. The molecule has 0 bridgehead atoms. The van der Waals surface area contributed by atoms with Gasteiger partial charge in [0.25, 0.3) is 0 Å². The molecular weight excluding hydrogens is 185 g/mol. The Labute approximate surface area is 81.4 Å². The zero-order valence-corrected chi connectivity index (χ0v) is 7.83. The van der Waals surface area contributed by atoms with E-state index >= 15 is 0 Å². The Hall–Kier alpha value is -1.42. The fraction of sp³-hybridized carbons (Fsp3) is 0.300. The van der Waals surface area contributed by atoms with Crippen molar-refractivity contribution in [3.05, 3.63) is 35.6 Å². The second-order valence-electron chi connectivity index (χ2n) is 3.32. The summed E-state index contributed by atoms with van der Waals surface area (Å²) < 4.78 is 13.3. The van der Waals surface area contributed by atoms with Crippen molar-refractivity contribution in [1.29, 1.82) is 0 Å². The van der Waals surface area contributed by atoms with Crippen molar-refractivity contribution >= 4 is 5.97 Å². The van der Waals surface area contributed by atoms with E-state index in [2.05, 4.69) is 0 Å². The van der Waals surface area contributed by atoms with Crippen molar-refractivity contribution in [1.82, 2.24) is 0 Å². The summed E-state index contributed by atoms with van der Waals surface area (Å²) in [6.45, 7) is 1.27. The number of halogens is 1. The largest absolute Gasteiger partial charge is 0.481 e. The first-order chi connectivity index (χ1) is 6.52. The van der Waals surface area contributed by atoms with Gasteiger partial charge < -0.3 is 10.8 Å². The van der Waals surface area contributed by atoms with Crippen LogP contribution in [0.15, 0.2) is 24.3 Å². The van der Waals surface area contributed by atoms with Gasteiger partial charge in [-0.2, -0.15) is 0 Å². The molecule has 14 heavy (non-hydrogen) atoms. The third kappa shape index (κ3) is 1.61. The van der Waals surface area contributed by atoms with E-state index in [-0.39, 0.29) is 12.1 Å². The van der Waals surface area contributed by atoms with Gasteiger partial charge in [-0.1, -0.05) is 18.2 Å². The maximum Gasteiger partial charge on any atom is 0.315 e. The highest BCUT2D eigenvalue weighted by molar-refractivity contribution is 5.81. The number of rotatable bonds is 3. The molecule has 0 fully saturated rings. The van der Waals surface area contributed by atoms with Crippen LogP contribution in [0.25, 0.3) is 0 Å². The van der Waals surface area contributed by atoms with Gasteiger partial charge in [0.2, 0.25) is 0 Å². The van der Waals surface area contributed by atoms with Gasteiger partial charge in [0.1, 0.15) is 11.2 Å². The van der Waals surface area contributed by atoms with E-state index in [9.17, 15) is 9.18 Å². The third-order valence-corrected chi connectivity index (χ3v) is 2.35. The van der Waals surface area contributed by atoms with Crippen LogP contribution in [0.3, 0.4) is 0 Å². The van der Waals surface area contributed by atoms with Crippen LogP contribution in [0.2, 0.25) is 0 Å². The average molecular weight is 197 g/mol. The minimum absolute atomic E-state index is 0.120. The average Bonchev–Trinajstić information content (AvgIpc) is 2.17. The molecule has 0 aliphatic heterocycles. The Bertz CT molecular complexity index is 354. The van der Waals surface area contributed by atoms with E-state index < -0.39 is 17.2 Å². The van der Waals surface area contributed by atoms with Gasteiger partial charge in [0.05, 0.1) is 0 Å². The molecule has 0 aromatic heterocycles. The molecule has 1 aromatic rings. The molecule has 4 heteroatoms. The first-order valence-electron chi connectivity index (χ1n) is 4.21. The number of carboxylic acids is 1. The number of nitrogens with two attached hydrogens (primary N) is 1. The van der Waals surface area contributed by atoms with Crippen molar-refractivity contribution in [3.8, 4) is 0 Å². The smallest absolute Gasteiger partial charge is 0.315 e. The Morgan fingerprint density at radius 1 is 1.57 bits per heavy atom. The molecule has 0 saturated carbocycles. The number of carbonyl (C=O) groups is 1. The zero-order valence-electron chi connectivity index (χ0n) is 7.83. The van der Waals surface area contributed by atoms with Crippen molar-refractivity contribution in [2.45, 2.75) is 12.3 Å². The van der Waals surface area contributed by atoms with Crippen molar-refractivity contribution < 1.29 is 14.3 Å². The summed E-state index contributed by atoms with van der Waals surface area (Å²) in [5.74, 6) is -1.66. The summed E-state index contributed by atoms with van der Waals surface area (Å²) in [7, 11) is 0. The van der Waals surface area contributed by atoms with E-state index in [1.807, 2.05) is 0 Å². The van der Waals surface area contributed by atoms with E-state index in [1.165, 1.54) is 25.1 Å². The van der Waals surface area contributed by atoms with Gasteiger partial charge in [-0.3, -0.25) is 4.79 Å². The van der Waals surface area contributed by atoms with Crippen molar-refractivity contribution in [2.24, 2.45) is 5.73 Å². The summed E-state index contributed by atoms with van der Waals surface area (Å²) in [4.78, 5) is 11.0. The van der Waals surface area contributed by atoms with Gasteiger partial charge in [-0.15, -0.1) is 0 Å². The number of benzene rings is 1. The lowest BCUT2D eigenvalue weighted by atomic mass is 9.82. The minimum Gasteiger partial charge on any atom is -0.481 e. The number of hydrogen-bond acceptors (Lipinski definition) is 2. The second-order valence-corrected chi connectivity index (χ2v) is 3.32. The molecule has 0 saturated heterocycles. The maximum absolute atomic E-state index is 13.3. The topological polar surface area (TPSA) is 63.3 Å². The first-order valence-corrected chi connectivity index (χ1v) is 4.21. The zero-order chi connectivity index (χ0) is 10.8. The predicted molar refractivity (Wildman–Crippen MR) is 50.4 cm³/mol. The van der Waals surface area contributed by atoms with Crippen LogP contribution in [-0.2, 0) is 10.2 Å². The molecule has 0 aliphatic rings. The standard InChI is InChI=1S/C10H12FNO2/c1-10(6-12,9(13)14)7-4-2-3-5-8(7)11/h2-5H,6,12H2,1H3,(H,13,14). The summed E-state index contributed by atoms with van der Waals surface area (Å²) in [5, 5.41) is 8.96. The molecule has 0 aliphatic carbocycles. The van der Waals surface area contributed by atoms with Gasteiger partial charge in [0.15, 0.2) is 0 Å². The number of aliphatic carboxylic acids is 1. The molecular formula is C10H12FNO2. The molecule has 0 amide bonds. The monoisotopic (exact) mass is 197 g/mol. The van der Waals surface area contributed by atoms with Crippen LogP contribution in [0, 0.1) is 5.82 Å². The predicted octanol–water partition coefficient (Wildman–Crippen LogP) is 1.13. The van der Waals surface area contributed by atoms with E-state index in [4.69, 9.17) is 10.8 Å². The van der Waals surface area contributed by atoms with Crippen LogP contribution in [0.1, 0.15) is 12.5 Å². The lowest BCUT2D eigenvalue weighted by Gasteiger charge is -2.23. The Kier molecular flexibility index (Phi) is 2.86. The quantitative estimate of drug-likeness (QED) is 0.763. The summed E-state index contributed by atoms with van der Waals surface area (Å²) >= 11 is 0. The number of carboxylic acid groups (broad SMARTS) is 1. The highest BCUT2D eigenvalue weighted by Crippen LogP contribution is 2.25. The second kappa shape index (κ2) is 3.75. The highest BCUT2D eigenvalue weighted by Gasteiger charge is 2.35. The first kappa shape index (κ1) is 10.7. The molecule has 0 heterocycles. The van der Waals surface area contributed by atoms with Crippen LogP contribution in [0.5, 0.6) is 0 Å². The molecule has 1 unspecified atom stereocenters. The molecule has 1 rings (SSSR count). The lowest BCUT2D eigenvalue weighted by Crippen LogP contribution is -2.40. The molecule has 1 atom stereocenters. The van der Waals surface area contributed by atoms with Crippen molar-refractivity contribution in [3.63, 3.8) is 0 Å². The molecule has 1 aromatic carbocycles. The van der Waals surface area contributed by atoms with Gasteiger partial charge in [-0.05, 0) is 13.0 Å². The number of hydrogen-bond donors (Lipinski definition) is 2. The van der Waals surface area contributed by atoms with Gasteiger partial charge in [0, 0.05) is 12.1 Å². The maximum atomic E-state index is 13.3. The Balaban J connectivity index is 3.26. The van der Waals surface area contributed by atoms with E-state index in [0.29, 0.717) is 0 Å². The Morgan fingerprint density at radius 3 is 2.57 bits per heavy atom. The molecule has 3 N–H and O–H groups in total. The van der Waals surface area contributed by atoms with E-state index in [0.717, 1.165) is 0 Å². The van der Waals surface area contributed by atoms with Crippen LogP contribution in [0.4, 0.5) is 4.39 Å². The minimum atomic E-state index is -1.36. The van der Waals surface area contributed by atoms with Crippen LogP contribution >= 0.6 is 0 Å². The Morgan fingerprint density at radius 2 is 2.14 bits per heavy atom. The van der Waals surface area contributed by atoms with Crippen LogP contribution in [-0.4, -0.2) is 17.6 Å². The molecule has 3 nitrogen and oxygen atoms in total. The van der Waals surface area contributed by atoms with E-state index in [1.54, 1.807) is 6.07 Å². The summed E-state index contributed by atoms with van der Waals surface area (Å²) in [5.41, 5.74) is 4.13. The SMILES string of the molecule is CC(CN)(C(=O)O)c1ccccc1F. The van der Waals surface area contributed by atoms with Gasteiger partial charge >= 0.3 is 5.97 Å². The van der Waals surface area contributed by atoms with Crippen molar-refractivity contribution in [2.75, 3.05) is 6.54 Å². The molecule has 0 radical (unpaired) electrons.